The molecule has 5 heteroatoms. The molecule has 22 heavy (non-hydrogen) atoms. The molecule has 1 saturated carbocycles. The van der Waals surface area contributed by atoms with Crippen molar-refractivity contribution < 1.29 is 14.6 Å². The fourth-order valence-corrected chi connectivity index (χ4v) is 3.05. The van der Waals surface area contributed by atoms with E-state index < -0.39 is 0 Å². The molecular formula is C17H24N2O3. The van der Waals surface area contributed by atoms with Crippen LogP contribution in [0.25, 0.3) is 0 Å². The Balaban J connectivity index is 1.71. The SMILES string of the molecule is CC1CCC(CO)CN1C(=O)c1ccnc(OC2CCC2)c1. The van der Waals surface area contributed by atoms with Gasteiger partial charge in [0.15, 0.2) is 0 Å². The maximum absolute atomic E-state index is 12.8. The Morgan fingerprint density at radius 3 is 2.91 bits per heavy atom. The number of hydrogen-bond donors (Lipinski definition) is 1. The van der Waals surface area contributed by atoms with Crippen molar-refractivity contribution in [2.45, 2.75) is 51.2 Å². The summed E-state index contributed by atoms with van der Waals surface area (Å²) in [6.45, 7) is 2.83. The molecule has 120 valence electrons. The van der Waals surface area contributed by atoms with Crippen LogP contribution in [0.3, 0.4) is 0 Å². The average molecular weight is 304 g/mol. The van der Waals surface area contributed by atoms with Crippen molar-refractivity contribution in [3.63, 3.8) is 0 Å². The molecule has 0 aromatic carbocycles. The lowest BCUT2D eigenvalue weighted by atomic mass is 9.93. The van der Waals surface area contributed by atoms with Crippen molar-refractivity contribution in [2.24, 2.45) is 5.92 Å². The molecule has 2 atom stereocenters. The molecule has 1 amide bonds. The molecule has 3 rings (SSSR count). The highest BCUT2D eigenvalue weighted by atomic mass is 16.5. The highest BCUT2D eigenvalue weighted by molar-refractivity contribution is 5.94. The molecule has 0 spiro atoms. The van der Waals surface area contributed by atoms with Crippen LogP contribution in [0.1, 0.15) is 49.4 Å². The Morgan fingerprint density at radius 1 is 1.41 bits per heavy atom. The van der Waals surface area contributed by atoms with E-state index in [-0.39, 0.29) is 30.6 Å². The van der Waals surface area contributed by atoms with Crippen molar-refractivity contribution in [2.75, 3.05) is 13.2 Å². The van der Waals surface area contributed by atoms with E-state index in [4.69, 9.17) is 4.74 Å². The van der Waals surface area contributed by atoms with Crippen LogP contribution in [-0.4, -0.2) is 46.2 Å². The van der Waals surface area contributed by atoms with Gasteiger partial charge in [-0.15, -0.1) is 0 Å². The second-order valence-corrected chi connectivity index (χ2v) is 6.49. The Morgan fingerprint density at radius 2 is 2.23 bits per heavy atom. The lowest BCUT2D eigenvalue weighted by Crippen LogP contribution is -2.46. The summed E-state index contributed by atoms with van der Waals surface area (Å²) in [7, 11) is 0. The fraction of sp³-hybridized carbons (Fsp3) is 0.647. The predicted octanol–water partition coefficient (Wildman–Crippen LogP) is 2.25. The molecule has 1 aliphatic carbocycles. The van der Waals surface area contributed by atoms with Crippen molar-refractivity contribution in [3.8, 4) is 5.88 Å². The first-order chi connectivity index (χ1) is 10.7. The maximum Gasteiger partial charge on any atom is 0.254 e. The standard InChI is InChI=1S/C17H24N2O3/c1-12-5-6-13(11-20)10-19(12)17(21)14-7-8-18-16(9-14)22-15-3-2-4-15/h7-9,12-13,15,20H,2-6,10-11H2,1H3. The van der Waals surface area contributed by atoms with E-state index in [9.17, 15) is 9.90 Å². The summed E-state index contributed by atoms with van der Waals surface area (Å²) in [5, 5.41) is 9.36. The largest absolute Gasteiger partial charge is 0.474 e. The fourth-order valence-electron chi connectivity index (χ4n) is 3.05. The molecular weight excluding hydrogens is 280 g/mol. The van der Waals surface area contributed by atoms with Gasteiger partial charge < -0.3 is 14.7 Å². The number of ether oxygens (including phenoxy) is 1. The number of pyridine rings is 1. The smallest absolute Gasteiger partial charge is 0.254 e. The summed E-state index contributed by atoms with van der Waals surface area (Å²) in [6, 6.07) is 3.70. The monoisotopic (exact) mass is 304 g/mol. The van der Waals surface area contributed by atoms with Crippen LogP contribution in [0.2, 0.25) is 0 Å². The number of carbonyl (C=O) groups excluding carboxylic acids is 1. The second kappa shape index (κ2) is 6.65. The van der Waals surface area contributed by atoms with Crippen LogP contribution in [0.5, 0.6) is 5.88 Å². The van der Waals surface area contributed by atoms with Crippen molar-refractivity contribution in [1.29, 1.82) is 0 Å². The van der Waals surface area contributed by atoms with Gasteiger partial charge in [0.1, 0.15) is 6.10 Å². The van der Waals surface area contributed by atoms with Crippen LogP contribution in [0, 0.1) is 5.92 Å². The topological polar surface area (TPSA) is 62.7 Å². The van der Waals surface area contributed by atoms with Crippen molar-refractivity contribution in [3.05, 3.63) is 23.9 Å². The zero-order valence-corrected chi connectivity index (χ0v) is 13.1. The zero-order valence-electron chi connectivity index (χ0n) is 13.1. The van der Waals surface area contributed by atoms with Crippen molar-refractivity contribution >= 4 is 5.91 Å². The van der Waals surface area contributed by atoms with Gasteiger partial charge in [-0.3, -0.25) is 4.79 Å². The molecule has 2 unspecified atom stereocenters. The van der Waals surface area contributed by atoms with E-state index in [1.54, 1.807) is 18.3 Å². The number of likely N-dealkylation sites (tertiary alicyclic amines) is 1. The third-order valence-corrected chi connectivity index (χ3v) is 4.82. The van der Waals surface area contributed by atoms with Gasteiger partial charge in [-0.05, 0) is 51.0 Å². The normalized spacial score (nSPS) is 25.6. The highest BCUT2D eigenvalue weighted by Crippen LogP contribution is 2.26. The summed E-state index contributed by atoms with van der Waals surface area (Å²) >= 11 is 0. The minimum absolute atomic E-state index is 0.00603. The molecule has 2 fully saturated rings. The van der Waals surface area contributed by atoms with Gasteiger partial charge in [0.25, 0.3) is 5.91 Å². The van der Waals surface area contributed by atoms with Gasteiger partial charge in [-0.25, -0.2) is 4.98 Å². The van der Waals surface area contributed by atoms with Crippen molar-refractivity contribution in [1.82, 2.24) is 9.88 Å². The minimum Gasteiger partial charge on any atom is -0.474 e. The Kier molecular flexibility index (Phi) is 4.62. The summed E-state index contributed by atoms with van der Waals surface area (Å²) in [6.07, 6.45) is 7.16. The molecule has 0 bridgehead atoms. The van der Waals surface area contributed by atoms with E-state index in [0.717, 1.165) is 25.7 Å². The molecule has 1 N–H and O–H groups in total. The maximum atomic E-state index is 12.8. The van der Waals surface area contributed by atoms with Crippen LogP contribution >= 0.6 is 0 Å². The number of rotatable bonds is 4. The van der Waals surface area contributed by atoms with Crippen LogP contribution in [0.15, 0.2) is 18.3 Å². The van der Waals surface area contributed by atoms with E-state index in [0.29, 0.717) is 18.0 Å². The molecule has 1 aliphatic heterocycles. The average Bonchev–Trinajstić information content (AvgIpc) is 2.51. The van der Waals surface area contributed by atoms with E-state index in [1.165, 1.54) is 6.42 Å². The summed E-state index contributed by atoms with van der Waals surface area (Å²) < 4.78 is 5.78. The summed E-state index contributed by atoms with van der Waals surface area (Å²) in [5.41, 5.74) is 0.620. The van der Waals surface area contributed by atoms with E-state index in [2.05, 4.69) is 11.9 Å². The number of hydrogen-bond acceptors (Lipinski definition) is 4. The Labute approximate surface area is 131 Å². The lowest BCUT2D eigenvalue weighted by Gasteiger charge is -2.37. The second-order valence-electron chi connectivity index (χ2n) is 6.49. The van der Waals surface area contributed by atoms with Gasteiger partial charge in [-0.2, -0.15) is 0 Å². The third-order valence-electron chi connectivity index (χ3n) is 4.82. The minimum atomic E-state index is 0.00603. The number of aliphatic hydroxyl groups is 1. The Bertz CT molecular complexity index is 530. The van der Waals surface area contributed by atoms with E-state index >= 15 is 0 Å². The number of piperidine rings is 1. The van der Waals surface area contributed by atoms with Gasteiger partial charge in [0.05, 0.1) is 0 Å². The van der Waals surface area contributed by atoms with Gasteiger partial charge in [-0.1, -0.05) is 0 Å². The van der Waals surface area contributed by atoms with Gasteiger partial charge >= 0.3 is 0 Å². The van der Waals surface area contributed by atoms with Crippen LogP contribution < -0.4 is 4.74 Å². The molecule has 1 aromatic rings. The molecule has 1 aromatic heterocycles. The van der Waals surface area contributed by atoms with Gasteiger partial charge in [0.2, 0.25) is 5.88 Å². The third kappa shape index (κ3) is 3.24. The van der Waals surface area contributed by atoms with Crippen LogP contribution in [-0.2, 0) is 0 Å². The molecule has 5 nitrogen and oxygen atoms in total. The lowest BCUT2D eigenvalue weighted by molar-refractivity contribution is 0.0487. The van der Waals surface area contributed by atoms with Gasteiger partial charge in [0, 0.05) is 37.0 Å². The molecule has 0 radical (unpaired) electrons. The first-order valence-electron chi connectivity index (χ1n) is 8.22. The summed E-state index contributed by atoms with van der Waals surface area (Å²) in [5.74, 6) is 0.734. The number of amides is 1. The summed E-state index contributed by atoms with van der Waals surface area (Å²) in [4.78, 5) is 18.8. The van der Waals surface area contributed by atoms with Crippen LogP contribution in [0.4, 0.5) is 0 Å². The van der Waals surface area contributed by atoms with E-state index in [1.807, 2.05) is 4.90 Å². The predicted molar refractivity (Wildman–Crippen MR) is 82.8 cm³/mol. The number of aliphatic hydroxyl groups excluding tert-OH is 1. The Hall–Kier alpha value is -1.62. The molecule has 2 heterocycles. The molecule has 2 aliphatic rings. The molecule has 1 saturated heterocycles. The first kappa shape index (κ1) is 15.3. The first-order valence-corrected chi connectivity index (χ1v) is 8.22. The zero-order chi connectivity index (χ0) is 15.5. The number of aromatic nitrogens is 1. The highest BCUT2D eigenvalue weighted by Gasteiger charge is 2.29. The number of nitrogens with zero attached hydrogens (tertiary/aromatic N) is 2. The quantitative estimate of drug-likeness (QED) is 0.926. The number of carbonyl (C=O) groups is 1.